The molecule has 2 saturated heterocycles. The van der Waals surface area contributed by atoms with Crippen molar-refractivity contribution in [2.45, 2.75) is 19.0 Å². The first-order valence-electron chi connectivity index (χ1n) is 8.45. The molecule has 0 N–H and O–H groups in total. The molecule has 0 saturated carbocycles. The van der Waals surface area contributed by atoms with E-state index in [1.54, 1.807) is 11.3 Å². The summed E-state index contributed by atoms with van der Waals surface area (Å²) in [7, 11) is 0. The minimum atomic E-state index is -0.193. The fourth-order valence-corrected chi connectivity index (χ4v) is 4.07. The van der Waals surface area contributed by atoms with Crippen molar-refractivity contribution >= 4 is 17.2 Å². The smallest absolute Gasteiger partial charge is 0.236 e. The van der Waals surface area contributed by atoms with E-state index in [9.17, 15) is 10.1 Å². The number of amides is 1. The Balaban J connectivity index is 1.51. The number of morpholine rings is 1. The van der Waals surface area contributed by atoms with Crippen LogP contribution in [-0.2, 0) is 9.53 Å². The lowest BCUT2D eigenvalue weighted by Crippen LogP contribution is -2.54. The van der Waals surface area contributed by atoms with Crippen LogP contribution >= 0.6 is 11.3 Å². The second kappa shape index (κ2) is 8.08. The van der Waals surface area contributed by atoms with E-state index in [0.717, 1.165) is 24.5 Å². The fraction of sp³-hybridized carbons (Fsp3) is 0.647. The number of hydrogen-bond acceptors (Lipinski definition) is 6. The molecule has 0 unspecified atom stereocenters. The van der Waals surface area contributed by atoms with E-state index in [-0.39, 0.29) is 11.9 Å². The molecule has 3 heterocycles. The number of ether oxygens (including phenoxy) is 1. The molecule has 130 valence electrons. The molecule has 2 aliphatic rings. The maximum Gasteiger partial charge on any atom is 0.236 e. The van der Waals surface area contributed by atoms with Crippen molar-refractivity contribution in [2.75, 3.05) is 52.5 Å². The number of rotatable bonds is 4. The molecular formula is C17H24N4O2S. The van der Waals surface area contributed by atoms with Gasteiger partial charge in [-0.05, 0) is 18.4 Å². The highest BCUT2D eigenvalue weighted by molar-refractivity contribution is 7.10. The zero-order valence-corrected chi connectivity index (χ0v) is 14.9. The van der Waals surface area contributed by atoms with E-state index in [1.807, 2.05) is 22.4 Å². The topological polar surface area (TPSA) is 59.8 Å². The van der Waals surface area contributed by atoms with Crippen molar-refractivity contribution in [3.63, 3.8) is 0 Å². The minimum absolute atomic E-state index is 0.188. The first-order valence-corrected chi connectivity index (χ1v) is 9.33. The number of carbonyl (C=O) groups is 1. The summed E-state index contributed by atoms with van der Waals surface area (Å²) in [6.07, 6.45) is 0. The van der Waals surface area contributed by atoms with Crippen LogP contribution in [0.3, 0.4) is 0 Å². The summed E-state index contributed by atoms with van der Waals surface area (Å²) in [4.78, 5) is 19.9. The van der Waals surface area contributed by atoms with Crippen LogP contribution in [0.1, 0.15) is 17.8 Å². The molecule has 24 heavy (non-hydrogen) atoms. The highest BCUT2D eigenvalue weighted by Crippen LogP contribution is 2.25. The van der Waals surface area contributed by atoms with Crippen molar-refractivity contribution in [3.05, 3.63) is 22.4 Å². The van der Waals surface area contributed by atoms with E-state index >= 15 is 0 Å². The highest BCUT2D eigenvalue weighted by atomic mass is 32.1. The van der Waals surface area contributed by atoms with Crippen LogP contribution in [0.15, 0.2) is 17.5 Å². The zero-order chi connectivity index (χ0) is 16.9. The van der Waals surface area contributed by atoms with Crippen molar-refractivity contribution in [2.24, 2.45) is 0 Å². The molecule has 1 aromatic rings. The van der Waals surface area contributed by atoms with Gasteiger partial charge in [0.2, 0.25) is 5.91 Å². The third-order valence-electron chi connectivity index (χ3n) is 4.81. The standard InChI is InChI=1S/C17H24N4O2S/c1-14-13-23-9-8-21(14)12-17(22)20-6-4-19(5-7-20)15(11-18)16-3-2-10-24-16/h2-3,10,14-15H,4-9,12-13H2,1H3/t14-,15+/m1/s1. The highest BCUT2D eigenvalue weighted by Gasteiger charge is 2.29. The average molecular weight is 348 g/mol. The Morgan fingerprint density at radius 2 is 2.21 bits per heavy atom. The first kappa shape index (κ1) is 17.4. The number of piperazine rings is 1. The maximum absolute atomic E-state index is 12.5. The van der Waals surface area contributed by atoms with Crippen molar-refractivity contribution in [1.82, 2.24) is 14.7 Å². The maximum atomic E-state index is 12.5. The Morgan fingerprint density at radius 1 is 1.42 bits per heavy atom. The number of nitrogens with zero attached hydrogens (tertiary/aromatic N) is 4. The number of hydrogen-bond donors (Lipinski definition) is 0. The Hall–Kier alpha value is -1.46. The van der Waals surface area contributed by atoms with Gasteiger partial charge in [0.15, 0.2) is 0 Å². The van der Waals surface area contributed by atoms with E-state index < -0.39 is 0 Å². The van der Waals surface area contributed by atoms with Crippen molar-refractivity contribution in [3.8, 4) is 6.07 Å². The quantitative estimate of drug-likeness (QED) is 0.818. The second-order valence-corrected chi connectivity index (χ2v) is 7.34. The SMILES string of the molecule is C[C@@H]1COCCN1CC(=O)N1CCN([C@@H](C#N)c2cccs2)CC1. The lowest BCUT2D eigenvalue weighted by atomic mass is 10.2. The zero-order valence-electron chi connectivity index (χ0n) is 14.1. The monoisotopic (exact) mass is 348 g/mol. The molecule has 0 radical (unpaired) electrons. The molecular weight excluding hydrogens is 324 g/mol. The van der Waals surface area contributed by atoms with Crippen molar-refractivity contribution < 1.29 is 9.53 Å². The van der Waals surface area contributed by atoms with Gasteiger partial charge in [-0.1, -0.05) is 6.07 Å². The molecule has 0 aliphatic carbocycles. The van der Waals surface area contributed by atoms with Crippen LogP contribution < -0.4 is 0 Å². The third kappa shape index (κ3) is 3.95. The predicted molar refractivity (Wildman–Crippen MR) is 92.7 cm³/mol. The van der Waals surface area contributed by atoms with Crippen LogP contribution in [-0.4, -0.2) is 79.1 Å². The third-order valence-corrected chi connectivity index (χ3v) is 5.74. The lowest BCUT2D eigenvalue weighted by molar-refractivity contribution is -0.136. The Kier molecular flexibility index (Phi) is 5.85. The van der Waals surface area contributed by atoms with Gasteiger partial charge in [-0.2, -0.15) is 5.26 Å². The number of nitriles is 1. The van der Waals surface area contributed by atoms with Crippen LogP contribution in [0.4, 0.5) is 0 Å². The summed E-state index contributed by atoms with van der Waals surface area (Å²) >= 11 is 1.62. The minimum Gasteiger partial charge on any atom is -0.379 e. The van der Waals surface area contributed by atoms with Gasteiger partial charge in [0.25, 0.3) is 0 Å². The molecule has 1 aromatic heterocycles. The van der Waals surface area contributed by atoms with Gasteiger partial charge in [0.1, 0.15) is 6.04 Å². The van der Waals surface area contributed by atoms with Gasteiger partial charge in [0.05, 0.1) is 25.8 Å². The summed E-state index contributed by atoms with van der Waals surface area (Å²) in [5, 5.41) is 11.5. The lowest BCUT2D eigenvalue weighted by Gasteiger charge is -2.39. The molecule has 0 spiro atoms. The van der Waals surface area contributed by atoms with Crippen molar-refractivity contribution in [1.29, 1.82) is 5.26 Å². The van der Waals surface area contributed by atoms with E-state index in [1.165, 1.54) is 0 Å². The summed E-state index contributed by atoms with van der Waals surface area (Å²) < 4.78 is 5.42. The van der Waals surface area contributed by atoms with Gasteiger partial charge < -0.3 is 9.64 Å². The van der Waals surface area contributed by atoms with Gasteiger partial charge in [-0.25, -0.2) is 0 Å². The van der Waals surface area contributed by atoms with Crippen LogP contribution in [0, 0.1) is 11.3 Å². The molecule has 3 rings (SSSR count). The molecule has 1 amide bonds. The fourth-order valence-electron chi connectivity index (χ4n) is 3.27. The van der Waals surface area contributed by atoms with Crippen LogP contribution in [0.25, 0.3) is 0 Å². The van der Waals surface area contributed by atoms with E-state index in [4.69, 9.17) is 4.74 Å². The molecule has 6 nitrogen and oxygen atoms in total. The van der Waals surface area contributed by atoms with Crippen LogP contribution in [0.5, 0.6) is 0 Å². The Labute approximate surface area is 147 Å². The molecule has 0 aromatic carbocycles. The molecule has 2 fully saturated rings. The predicted octanol–water partition coefficient (Wildman–Crippen LogP) is 1.18. The molecule has 2 atom stereocenters. The average Bonchev–Trinajstić information content (AvgIpc) is 3.12. The largest absolute Gasteiger partial charge is 0.379 e. The van der Waals surface area contributed by atoms with Gasteiger partial charge >= 0.3 is 0 Å². The molecule has 0 bridgehead atoms. The Bertz CT molecular complexity index is 578. The van der Waals surface area contributed by atoms with E-state index in [0.29, 0.717) is 38.9 Å². The van der Waals surface area contributed by atoms with Crippen LogP contribution in [0.2, 0.25) is 0 Å². The van der Waals surface area contributed by atoms with Gasteiger partial charge in [-0.15, -0.1) is 11.3 Å². The molecule has 2 aliphatic heterocycles. The number of carbonyl (C=O) groups excluding carboxylic acids is 1. The summed E-state index contributed by atoms with van der Waals surface area (Å²) in [5.74, 6) is 0.188. The normalized spacial score (nSPS) is 24.5. The second-order valence-electron chi connectivity index (χ2n) is 6.36. The van der Waals surface area contributed by atoms with E-state index in [2.05, 4.69) is 22.8 Å². The summed E-state index contributed by atoms with van der Waals surface area (Å²) in [6.45, 7) is 7.69. The summed E-state index contributed by atoms with van der Waals surface area (Å²) in [6, 6.07) is 6.49. The first-order chi connectivity index (χ1) is 11.7. The Morgan fingerprint density at radius 3 is 2.83 bits per heavy atom. The van der Waals surface area contributed by atoms with Gasteiger partial charge in [0, 0.05) is 43.6 Å². The summed E-state index contributed by atoms with van der Waals surface area (Å²) in [5.41, 5.74) is 0. The molecule has 7 heteroatoms. The van der Waals surface area contributed by atoms with Gasteiger partial charge in [-0.3, -0.25) is 14.6 Å². The number of thiophene rings is 1.